The number of piperidine rings is 1. The summed E-state index contributed by atoms with van der Waals surface area (Å²) in [6.07, 6.45) is 6.46. The molecule has 1 aliphatic heterocycles. The number of hydrogen-bond acceptors (Lipinski definition) is 2. The second-order valence-electron chi connectivity index (χ2n) is 4.52. The minimum absolute atomic E-state index is 0.0459. The molecule has 3 nitrogen and oxygen atoms in total. The molecule has 0 atom stereocenters. The average Bonchev–Trinajstić information content (AvgIpc) is 2.51. The van der Waals surface area contributed by atoms with E-state index >= 15 is 0 Å². The molecular formula is C14H19F2NO2. The van der Waals surface area contributed by atoms with Crippen LogP contribution in [0.5, 0.6) is 0 Å². The number of allylic oxidation sites excluding steroid dienone is 5. The number of likely N-dealkylation sites (tertiary alicyclic amines) is 1. The van der Waals surface area contributed by atoms with Gasteiger partial charge in [-0.05, 0) is 25.3 Å². The van der Waals surface area contributed by atoms with E-state index < -0.39 is 11.7 Å². The quantitative estimate of drug-likeness (QED) is 0.732. The molecule has 1 fully saturated rings. The van der Waals surface area contributed by atoms with Crippen molar-refractivity contribution >= 4 is 5.91 Å². The van der Waals surface area contributed by atoms with E-state index in [0.29, 0.717) is 0 Å². The van der Waals surface area contributed by atoms with Crippen molar-refractivity contribution in [3.05, 3.63) is 35.6 Å². The van der Waals surface area contributed by atoms with Crippen LogP contribution >= 0.6 is 0 Å². The van der Waals surface area contributed by atoms with Gasteiger partial charge in [0.2, 0.25) is 5.91 Å². The zero-order chi connectivity index (χ0) is 14.3. The van der Waals surface area contributed by atoms with Gasteiger partial charge >= 0.3 is 0 Å². The number of halogens is 2. The lowest BCUT2D eigenvalue weighted by Crippen LogP contribution is -2.33. The van der Waals surface area contributed by atoms with E-state index in [9.17, 15) is 13.6 Å². The van der Waals surface area contributed by atoms with Crippen molar-refractivity contribution in [3.63, 3.8) is 0 Å². The lowest BCUT2D eigenvalue weighted by molar-refractivity contribution is -0.129. The first kappa shape index (κ1) is 15.4. The first-order chi connectivity index (χ1) is 8.99. The third-order valence-corrected chi connectivity index (χ3v) is 2.89. The number of carbonyl (C=O) groups is 1. The fraction of sp³-hybridized carbons (Fsp3) is 0.500. The predicted octanol–water partition coefficient (Wildman–Crippen LogP) is 3.56. The highest BCUT2D eigenvalue weighted by molar-refractivity contribution is 5.73. The van der Waals surface area contributed by atoms with E-state index in [4.69, 9.17) is 5.11 Å². The van der Waals surface area contributed by atoms with Crippen molar-refractivity contribution < 1.29 is 18.7 Å². The third-order valence-electron chi connectivity index (χ3n) is 2.89. The molecule has 0 radical (unpaired) electrons. The van der Waals surface area contributed by atoms with Crippen LogP contribution < -0.4 is 0 Å². The van der Waals surface area contributed by atoms with Gasteiger partial charge in [0.25, 0.3) is 0 Å². The van der Waals surface area contributed by atoms with Crippen molar-refractivity contribution in [3.8, 4) is 0 Å². The molecule has 1 amide bonds. The van der Waals surface area contributed by atoms with Crippen molar-refractivity contribution in [2.45, 2.75) is 32.6 Å². The Morgan fingerprint density at radius 2 is 1.84 bits per heavy atom. The molecular weight excluding hydrogens is 252 g/mol. The second kappa shape index (κ2) is 7.71. The molecule has 0 bridgehead atoms. The topological polar surface area (TPSA) is 40.5 Å². The third kappa shape index (κ3) is 6.18. The first-order valence-electron chi connectivity index (χ1n) is 6.37. The lowest BCUT2D eigenvalue weighted by Gasteiger charge is -2.24. The molecule has 2 aliphatic rings. The number of nitrogens with zero attached hydrogens (tertiary/aromatic N) is 1. The first-order valence-corrected chi connectivity index (χ1v) is 6.37. The van der Waals surface area contributed by atoms with Crippen LogP contribution in [0.25, 0.3) is 0 Å². The Labute approximate surface area is 111 Å². The van der Waals surface area contributed by atoms with Crippen LogP contribution in [0.3, 0.4) is 0 Å². The van der Waals surface area contributed by atoms with Crippen molar-refractivity contribution in [2.75, 3.05) is 13.1 Å². The second-order valence-corrected chi connectivity index (χ2v) is 4.52. The number of aliphatic hydroxyl groups excluding tert-OH is 1. The van der Waals surface area contributed by atoms with E-state index in [1.165, 1.54) is 25.3 Å². The summed E-state index contributed by atoms with van der Waals surface area (Å²) >= 11 is 0. The molecule has 0 aromatic rings. The summed E-state index contributed by atoms with van der Waals surface area (Å²) in [5, 5.41) is 8.72. The smallest absolute Gasteiger partial charge is 0.219 e. The molecule has 106 valence electrons. The largest absolute Gasteiger partial charge is 0.508 e. The average molecular weight is 271 g/mol. The molecule has 1 aliphatic carbocycles. The summed E-state index contributed by atoms with van der Waals surface area (Å²) in [5.41, 5.74) is 0. The van der Waals surface area contributed by atoms with Gasteiger partial charge in [-0.15, -0.1) is 0 Å². The van der Waals surface area contributed by atoms with Gasteiger partial charge in [-0.25, -0.2) is 8.78 Å². The van der Waals surface area contributed by atoms with Crippen LogP contribution in [0.1, 0.15) is 32.6 Å². The van der Waals surface area contributed by atoms with Gasteiger partial charge in [0.05, 0.1) is 0 Å². The van der Waals surface area contributed by atoms with Crippen molar-refractivity contribution in [1.82, 2.24) is 4.90 Å². The number of rotatable bonds is 0. The zero-order valence-electron chi connectivity index (χ0n) is 11.0. The Morgan fingerprint density at radius 1 is 1.21 bits per heavy atom. The van der Waals surface area contributed by atoms with Crippen LogP contribution in [0.4, 0.5) is 8.78 Å². The van der Waals surface area contributed by atoms with Gasteiger partial charge in [0, 0.05) is 38.6 Å². The van der Waals surface area contributed by atoms with Crippen LogP contribution in [0.15, 0.2) is 35.6 Å². The Bertz CT molecular complexity index is 408. The SMILES string of the molecule is CC(=O)N1CCCCC1.OC1=CCC(F)=CC(F)=C1. The fourth-order valence-electron chi connectivity index (χ4n) is 1.86. The van der Waals surface area contributed by atoms with E-state index in [2.05, 4.69) is 0 Å². The molecule has 0 aromatic carbocycles. The van der Waals surface area contributed by atoms with Gasteiger partial charge in [-0.2, -0.15) is 0 Å². The number of amides is 1. The Balaban J connectivity index is 0.000000191. The normalized spacial score (nSPS) is 19.3. The van der Waals surface area contributed by atoms with E-state index in [0.717, 1.165) is 25.2 Å². The van der Waals surface area contributed by atoms with E-state index in [1.807, 2.05) is 4.90 Å². The summed E-state index contributed by atoms with van der Waals surface area (Å²) < 4.78 is 24.6. The maximum absolute atomic E-state index is 12.3. The highest BCUT2D eigenvalue weighted by Gasteiger charge is 2.11. The fourth-order valence-corrected chi connectivity index (χ4v) is 1.86. The molecule has 2 rings (SSSR count). The van der Waals surface area contributed by atoms with Gasteiger partial charge < -0.3 is 10.0 Å². The van der Waals surface area contributed by atoms with Gasteiger partial charge in [0.15, 0.2) is 0 Å². The monoisotopic (exact) mass is 271 g/mol. The lowest BCUT2D eigenvalue weighted by atomic mass is 10.1. The summed E-state index contributed by atoms with van der Waals surface area (Å²) in [6, 6.07) is 0. The Hall–Kier alpha value is -1.65. The van der Waals surface area contributed by atoms with E-state index in [1.54, 1.807) is 6.92 Å². The van der Waals surface area contributed by atoms with Gasteiger partial charge in [-0.1, -0.05) is 0 Å². The van der Waals surface area contributed by atoms with Crippen LogP contribution in [0.2, 0.25) is 0 Å². The van der Waals surface area contributed by atoms with Gasteiger partial charge in [0.1, 0.15) is 17.4 Å². The predicted molar refractivity (Wildman–Crippen MR) is 69.8 cm³/mol. The van der Waals surface area contributed by atoms with Crippen LogP contribution in [-0.2, 0) is 4.79 Å². The van der Waals surface area contributed by atoms with Crippen LogP contribution in [0, 0.1) is 0 Å². The van der Waals surface area contributed by atoms with Gasteiger partial charge in [-0.3, -0.25) is 4.79 Å². The molecule has 0 spiro atoms. The van der Waals surface area contributed by atoms with E-state index in [-0.39, 0.29) is 18.1 Å². The van der Waals surface area contributed by atoms with Crippen LogP contribution in [-0.4, -0.2) is 29.0 Å². The highest BCUT2D eigenvalue weighted by atomic mass is 19.1. The molecule has 0 saturated carbocycles. The summed E-state index contributed by atoms with van der Waals surface area (Å²) in [6.45, 7) is 3.61. The molecule has 5 heteroatoms. The molecule has 1 heterocycles. The molecule has 19 heavy (non-hydrogen) atoms. The Morgan fingerprint density at radius 3 is 2.37 bits per heavy atom. The molecule has 0 aromatic heterocycles. The summed E-state index contributed by atoms with van der Waals surface area (Å²) in [7, 11) is 0. The molecule has 0 unspecified atom stereocenters. The molecule has 1 saturated heterocycles. The molecule has 1 N–H and O–H groups in total. The Kier molecular flexibility index (Phi) is 6.25. The zero-order valence-corrected chi connectivity index (χ0v) is 11.0. The van der Waals surface area contributed by atoms with Crippen molar-refractivity contribution in [1.29, 1.82) is 0 Å². The number of carbonyl (C=O) groups excluding carboxylic acids is 1. The summed E-state index contributed by atoms with van der Waals surface area (Å²) in [5.74, 6) is -1.35. The maximum atomic E-state index is 12.3. The minimum atomic E-state index is -0.760. The van der Waals surface area contributed by atoms with Crippen molar-refractivity contribution in [2.24, 2.45) is 0 Å². The number of aliphatic hydroxyl groups is 1. The number of hydrogen-bond donors (Lipinski definition) is 1. The highest BCUT2D eigenvalue weighted by Crippen LogP contribution is 2.16. The summed E-state index contributed by atoms with van der Waals surface area (Å²) in [4.78, 5) is 12.6. The standard InChI is InChI=1S/C7H6F2O.C7H13NO/c8-5-1-2-7(10)4-6(9)3-5;1-7(9)8-5-3-2-4-6-8/h2-4,10H,1H2;2-6H2,1H3. The maximum Gasteiger partial charge on any atom is 0.219 e. The minimum Gasteiger partial charge on any atom is -0.508 e.